The number of hydrogen-bond donors (Lipinski definition) is 1. The Hall–Kier alpha value is -1.16. The molecule has 1 aliphatic rings. The fourth-order valence-corrected chi connectivity index (χ4v) is 4.14. The third-order valence-corrected chi connectivity index (χ3v) is 5.55. The van der Waals surface area contributed by atoms with E-state index in [1.165, 1.54) is 42.8 Å². The standard InChI is InChI=1S/C19H26N2S/c1-2-18(19-9-6-14-22-19)20-17-10-12-21(13-11-17)15-16-7-4-3-5-8-16/h3-9,14,17-18,20H,2,10-13,15H2,1H3. The van der Waals surface area contributed by atoms with Crippen molar-refractivity contribution in [1.82, 2.24) is 10.2 Å². The van der Waals surface area contributed by atoms with Gasteiger partial charge in [-0.2, -0.15) is 0 Å². The van der Waals surface area contributed by atoms with E-state index in [1.54, 1.807) is 0 Å². The molecule has 3 heteroatoms. The second-order valence-corrected chi connectivity index (χ2v) is 7.16. The number of hydrogen-bond acceptors (Lipinski definition) is 3. The first-order chi connectivity index (χ1) is 10.8. The molecule has 118 valence electrons. The quantitative estimate of drug-likeness (QED) is 0.847. The smallest absolute Gasteiger partial charge is 0.0414 e. The van der Waals surface area contributed by atoms with Crippen LogP contribution in [0.25, 0.3) is 0 Å². The lowest BCUT2D eigenvalue weighted by atomic mass is 10.0. The predicted molar refractivity (Wildman–Crippen MR) is 95.2 cm³/mol. The van der Waals surface area contributed by atoms with Crippen molar-refractivity contribution in [2.24, 2.45) is 0 Å². The molecule has 1 saturated heterocycles. The molecule has 22 heavy (non-hydrogen) atoms. The molecule has 0 saturated carbocycles. The Kier molecular flexibility index (Phi) is 5.65. The molecule has 0 spiro atoms. The lowest BCUT2D eigenvalue weighted by molar-refractivity contribution is 0.183. The molecule has 2 aromatic rings. The summed E-state index contributed by atoms with van der Waals surface area (Å²) in [6.45, 7) is 5.78. The molecule has 1 aromatic heterocycles. The second kappa shape index (κ2) is 7.91. The van der Waals surface area contributed by atoms with E-state index in [1.807, 2.05) is 11.3 Å². The summed E-state index contributed by atoms with van der Waals surface area (Å²) in [5, 5.41) is 6.06. The Morgan fingerprint density at radius 1 is 1.14 bits per heavy atom. The van der Waals surface area contributed by atoms with E-state index in [4.69, 9.17) is 0 Å². The van der Waals surface area contributed by atoms with Gasteiger partial charge in [0.25, 0.3) is 0 Å². The average molecular weight is 314 g/mol. The van der Waals surface area contributed by atoms with Crippen molar-refractivity contribution >= 4 is 11.3 Å². The van der Waals surface area contributed by atoms with Crippen molar-refractivity contribution in [1.29, 1.82) is 0 Å². The van der Waals surface area contributed by atoms with Gasteiger partial charge in [-0.25, -0.2) is 0 Å². The van der Waals surface area contributed by atoms with Crippen LogP contribution in [-0.4, -0.2) is 24.0 Å². The first-order valence-electron chi connectivity index (χ1n) is 8.41. The van der Waals surface area contributed by atoms with Crippen molar-refractivity contribution in [2.75, 3.05) is 13.1 Å². The molecule has 1 fully saturated rings. The van der Waals surface area contributed by atoms with Gasteiger partial charge in [0.2, 0.25) is 0 Å². The van der Waals surface area contributed by atoms with Crippen LogP contribution in [0.4, 0.5) is 0 Å². The molecule has 0 bridgehead atoms. The van der Waals surface area contributed by atoms with E-state index in [9.17, 15) is 0 Å². The monoisotopic (exact) mass is 314 g/mol. The highest BCUT2D eigenvalue weighted by Gasteiger charge is 2.22. The van der Waals surface area contributed by atoms with E-state index >= 15 is 0 Å². The molecule has 1 aliphatic heterocycles. The zero-order valence-electron chi connectivity index (χ0n) is 13.4. The fourth-order valence-electron chi connectivity index (χ4n) is 3.27. The summed E-state index contributed by atoms with van der Waals surface area (Å²) in [4.78, 5) is 4.06. The highest BCUT2D eigenvalue weighted by atomic mass is 32.1. The van der Waals surface area contributed by atoms with Gasteiger partial charge in [0.1, 0.15) is 0 Å². The lowest BCUT2D eigenvalue weighted by Crippen LogP contribution is -2.43. The molecule has 0 amide bonds. The van der Waals surface area contributed by atoms with Crippen molar-refractivity contribution < 1.29 is 0 Å². The van der Waals surface area contributed by atoms with Crippen molar-refractivity contribution in [3.05, 3.63) is 58.3 Å². The van der Waals surface area contributed by atoms with Gasteiger partial charge in [-0.15, -0.1) is 11.3 Å². The molecule has 3 rings (SSSR count). The van der Waals surface area contributed by atoms with Crippen LogP contribution in [-0.2, 0) is 6.54 Å². The third-order valence-electron chi connectivity index (χ3n) is 4.57. The van der Waals surface area contributed by atoms with Crippen molar-refractivity contribution in [3.63, 3.8) is 0 Å². The Morgan fingerprint density at radius 2 is 1.91 bits per heavy atom. The van der Waals surface area contributed by atoms with Gasteiger partial charge in [-0.05, 0) is 49.4 Å². The molecular formula is C19H26N2S. The number of piperidine rings is 1. The third kappa shape index (κ3) is 4.19. The molecule has 1 unspecified atom stereocenters. The molecular weight excluding hydrogens is 288 g/mol. The van der Waals surface area contributed by atoms with E-state index in [-0.39, 0.29) is 0 Å². The maximum absolute atomic E-state index is 3.88. The highest BCUT2D eigenvalue weighted by molar-refractivity contribution is 7.10. The minimum atomic E-state index is 0.533. The Bertz CT molecular complexity index is 530. The van der Waals surface area contributed by atoms with Crippen LogP contribution < -0.4 is 5.32 Å². The highest BCUT2D eigenvalue weighted by Crippen LogP contribution is 2.24. The summed E-state index contributed by atoms with van der Waals surface area (Å²) < 4.78 is 0. The van der Waals surface area contributed by atoms with Crippen LogP contribution in [0.1, 0.15) is 42.7 Å². The SMILES string of the molecule is CCC(NC1CCN(Cc2ccccc2)CC1)c1cccs1. The lowest BCUT2D eigenvalue weighted by Gasteiger charge is -2.34. The molecule has 2 nitrogen and oxygen atoms in total. The van der Waals surface area contributed by atoms with Gasteiger partial charge in [-0.3, -0.25) is 4.90 Å². The molecule has 1 aromatic carbocycles. The van der Waals surface area contributed by atoms with Crippen LogP contribution in [0.2, 0.25) is 0 Å². The normalized spacial score (nSPS) is 18.4. The van der Waals surface area contributed by atoms with Gasteiger partial charge in [0.05, 0.1) is 0 Å². The number of nitrogens with zero attached hydrogens (tertiary/aromatic N) is 1. The minimum Gasteiger partial charge on any atom is -0.306 e. The summed E-state index contributed by atoms with van der Waals surface area (Å²) in [5.74, 6) is 0. The molecule has 0 aliphatic carbocycles. The largest absolute Gasteiger partial charge is 0.306 e. The molecule has 1 N–H and O–H groups in total. The van der Waals surface area contributed by atoms with Gasteiger partial charge < -0.3 is 5.32 Å². The van der Waals surface area contributed by atoms with Gasteiger partial charge in [-0.1, -0.05) is 43.3 Å². The number of likely N-dealkylation sites (tertiary alicyclic amines) is 1. The predicted octanol–water partition coefficient (Wildman–Crippen LogP) is 4.45. The van der Waals surface area contributed by atoms with Crippen molar-refractivity contribution in [2.45, 2.75) is 44.8 Å². The average Bonchev–Trinajstić information content (AvgIpc) is 3.09. The van der Waals surface area contributed by atoms with Crippen LogP contribution in [0, 0.1) is 0 Å². The van der Waals surface area contributed by atoms with E-state index in [0.717, 1.165) is 6.54 Å². The van der Waals surface area contributed by atoms with Gasteiger partial charge >= 0.3 is 0 Å². The molecule has 1 atom stereocenters. The summed E-state index contributed by atoms with van der Waals surface area (Å²) in [7, 11) is 0. The Balaban J connectivity index is 1.47. The number of thiophene rings is 1. The maximum Gasteiger partial charge on any atom is 0.0414 e. The summed E-state index contributed by atoms with van der Waals surface area (Å²) in [6.07, 6.45) is 3.69. The summed E-state index contributed by atoms with van der Waals surface area (Å²) in [6, 6.07) is 16.4. The van der Waals surface area contributed by atoms with Gasteiger partial charge in [0.15, 0.2) is 0 Å². The van der Waals surface area contributed by atoms with Crippen LogP contribution in [0.3, 0.4) is 0 Å². The van der Waals surface area contributed by atoms with E-state index < -0.39 is 0 Å². The van der Waals surface area contributed by atoms with Gasteiger partial charge in [0, 0.05) is 23.5 Å². The zero-order valence-corrected chi connectivity index (χ0v) is 14.2. The van der Waals surface area contributed by atoms with Crippen molar-refractivity contribution in [3.8, 4) is 0 Å². The summed E-state index contributed by atoms with van der Waals surface area (Å²) >= 11 is 1.87. The minimum absolute atomic E-state index is 0.533. The Labute approximate surface area is 138 Å². The summed E-state index contributed by atoms with van der Waals surface area (Å²) in [5.41, 5.74) is 1.43. The van der Waals surface area contributed by atoms with Crippen LogP contribution in [0.15, 0.2) is 47.8 Å². The number of nitrogens with one attached hydrogen (secondary N) is 1. The molecule has 0 radical (unpaired) electrons. The Morgan fingerprint density at radius 3 is 2.55 bits per heavy atom. The van der Waals surface area contributed by atoms with Crippen LogP contribution >= 0.6 is 11.3 Å². The number of benzene rings is 1. The number of rotatable bonds is 6. The molecule has 2 heterocycles. The van der Waals surface area contributed by atoms with E-state index in [2.05, 4.69) is 65.0 Å². The second-order valence-electron chi connectivity index (χ2n) is 6.18. The zero-order chi connectivity index (χ0) is 15.2. The fraction of sp³-hybridized carbons (Fsp3) is 0.474. The van der Waals surface area contributed by atoms with Crippen LogP contribution in [0.5, 0.6) is 0 Å². The first-order valence-corrected chi connectivity index (χ1v) is 9.29. The topological polar surface area (TPSA) is 15.3 Å². The van der Waals surface area contributed by atoms with E-state index in [0.29, 0.717) is 12.1 Å². The first kappa shape index (κ1) is 15.7. The maximum atomic E-state index is 3.88.